The topological polar surface area (TPSA) is 86.9 Å². The molecular weight excluding hydrogens is 352 g/mol. The van der Waals surface area contributed by atoms with Crippen LogP contribution in [0, 0.1) is 5.92 Å². The smallest absolute Gasteiger partial charge is 0.251 e. The highest BCUT2D eigenvalue weighted by molar-refractivity contribution is 5.98. The minimum absolute atomic E-state index is 0.0231. The SMILES string of the molecule is CC(NC(=O)c1cccc(NC(=O)C2CC2)c1)c1ncc(-c2ccccc2)[nH]1. The molecule has 1 aliphatic rings. The summed E-state index contributed by atoms with van der Waals surface area (Å²) < 4.78 is 0. The van der Waals surface area contributed by atoms with Crippen molar-refractivity contribution in [2.24, 2.45) is 5.92 Å². The van der Waals surface area contributed by atoms with Crippen LogP contribution in [0.5, 0.6) is 0 Å². The summed E-state index contributed by atoms with van der Waals surface area (Å²) in [6, 6.07) is 16.6. The zero-order valence-electron chi connectivity index (χ0n) is 15.6. The number of aromatic nitrogens is 2. The van der Waals surface area contributed by atoms with E-state index in [0.717, 1.165) is 24.1 Å². The fraction of sp³-hybridized carbons (Fsp3) is 0.227. The molecule has 142 valence electrons. The number of anilines is 1. The number of carbonyl (C=O) groups excluding carboxylic acids is 2. The summed E-state index contributed by atoms with van der Waals surface area (Å²) in [5.74, 6) is 0.614. The predicted octanol–water partition coefficient (Wildman–Crippen LogP) is 3.92. The maximum Gasteiger partial charge on any atom is 0.251 e. The number of rotatable bonds is 6. The fourth-order valence-corrected chi connectivity index (χ4v) is 3.00. The quantitative estimate of drug-likeness (QED) is 0.611. The van der Waals surface area contributed by atoms with Crippen LogP contribution >= 0.6 is 0 Å². The molecule has 1 saturated carbocycles. The summed E-state index contributed by atoms with van der Waals surface area (Å²) in [5, 5.41) is 5.82. The van der Waals surface area contributed by atoms with Gasteiger partial charge in [0.1, 0.15) is 5.82 Å². The maximum atomic E-state index is 12.6. The Labute approximate surface area is 163 Å². The highest BCUT2D eigenvalue weighted by Crippen LogP contribution is 2.30. The monoisotopic (exact) mass is 374 g/mol. The van der Waals surface area contributed by atoms with Crippen molar-refractivity contribution < 1.29 is 9.59 Å². The first-order valence-electron chi connectivity index (χ1n) is 9.42. The second kappa shape index (κ2) is 7.68. The van der Waals surface area contributed by atoms with Gasteiger partial charge in [0.05, 0.1) is 17.9 Å². The molecule has 1 aliphatic carbocycles. The lowest BCUT2D eigenvalue weighted by molar-refractivity contribution is -0.117. The zero-order chi connectivity index (χ0) is 19.5. The first-order valence-corrected chi connectivity index (χ1v) is 9.42. The Morgan fingerprint density at radius 1 is 1.11 bits per heavy atom. The van der Waals surface area contributed by atoms with Crippen LogP contribution in [0.2, 0.25) is 0 Å². The Morgan fingerprint density at radius 3 is 2.64 bits per heavy atom. The van der Waals surface area contributed by atoms with Crippen LogP contribution in [0.1, 0.15) is 42.0 Å². The molecule has 0 bridgehead atoms. The molecule has 3 aromatic rings. The molecule has 4 rings (SSSR count). The van der Waals surface area contributed by atoms with Crippen molar-refractivity contribution in [1.29, 1.82) is 0 Å². The predicted molar refractivity (Wildman–Crippen MR) is 108 cm³/mol. The van der Waals surface area contributed by atoms with E-state index in [1.807, 2.05) is 37.3 Å². The van der Waals surface area contributed by atoms with Gasteiger partial charge in [-0.25, -0.2) is 4.98 Å². The number of H-pyrrole nitrogens is 1. The van der Waals surface area contributed by atoms with E-state index >= 15 is 0 Å². The summed E-state index contributed by atoms with van der Waals surface area (Å²) in [7, 11) is 0. The van der Waals surface area contributed by atoms with Crippen LogP contribution in [0.25, 0.3) is 11.3 Å². The molecule has 1 heterocycles. The van der Waals surface area contributed by atoms with Crippen LogP contribution in [-0.4, -0.2) is 21.8 Å². The number of hydrogen-bond acceptors (Lipinski definition) is 3. The molecule has 3 N–H and O–H groups in total. The van der Waals surface area contributed by atoms with Crippen molar-refractivity contribution in [1.82, 2.24) is 15.3 Å². The first-order chi connectivity index (χ1) is 13.6. The average Bonchev–Trinajstić information content (AvgIpc) is 3.45. The molecule has 0 aliphatic heterocycles. The first kappa shape index (κ1) is 18.0. The van der Waals surface area contributed by atoms with E-state index in [9.17, 15) is 9.59 Å². The third-order valence-corrected chi connectivity index (χ3v) is 4.78. The lowest BCUT2D eigenvalue weighted by Crippen LogP contribution is -2.27. The largest absolute Gasteiger partial charge is 0.342 e. The standard InChI is InChI=1S/C22H22N4O2/c1-14(20-23-13-19(26-20)15-6-3-2-4-7-15)24-22(28)17-8-5-9-18(12-17)25-21(27)16-10-11-16/h2-9,12-14,16H,10-11H2,1H3,(H,23,26)(H,24,28)(H,25,27). The van der Waals surface area contributed by atoms with E-state index in [0.29, 0.717) is 17.1 Å². The van der Waals surface area contributed by atoms with E-state index < -0.39 is 0 Å². The van der Waals surface area contributed by atoms with Crippen molar-refractivity contribution in [3.63, 3.8) is 0 Å². The number of nitrogens with one attached hydrogen (secondary N) is 3. The Balaban J connectivity index is 1.42. The number of aromatic amines is 1. The van der Waals surface area contributed by atoms with Crippen LogP contribution in [0.4, 0.5) is 5.69 Å². The Hall–Kier alpha value is -3.41. The molecule has 6 heteroatoms. The van der Waals surface area contributed by atoms with Gasteiger partial charge in [-0.15, -0.1) is 0 Å². The molecule has 2 aromatic carbocycles. The van der Waals surface area contributed by atoms with Crippen LogP contribution < -0.4 is 10.6 Å². The molecule has 1 unspecified atom stereocenters. The highest BCUT2D eigenvalue weighted by Gasteiger charge is 2.29. The maximum absolute atomic E-state index is 12.6. The summed E-state index contributed by atoms with van der Waals surface area (Å²) in [5.41, 5.74) is 3.08. The molecule has 1 atom stereocenters. The van der Waals surface area contributed by atoms with Crippen LogP contribution in [0.15, 0.2) is 60.8 Å². The molecule has 0 spiro atoms. The Bertz CT molecular complexity index is 993. The number of hydrogen-bond donors (Lipinski definition) is 3. The van der Waals surface area contributed by atoms with Gasteiger partial charge in [-0.1, -0.05) is 36.4 Å². The lowest BCUT2D eigenvalue weighted by Gasteiger charge is -2.12. The van der Waals surface area contributed by atoms with Gasteiger partial charge >= 0.3 is 0 Å². The van der Waals surface area contributed by atoms with Gasteiger partial charge in [0.25, 0.3) is 5.91 Å². The highest BCUT2D eigenvalue weighted by atomic mass is 16.2. The summed E-state index contributed by atoms with van der Waals surface area (Å²) in [6.45, 7) is 1.88. The third-order valence-electron chi connectivity index (χ3n) is 4.78. The van der Waals surface area contributed by atoms with Crippen molar-refractivity contribution in [3.8, 4) is 11.3 Å². The van der Waals surface area contributed by atoms with E-state index in [4.69, 9.17) is 0 Å². The van der Waals surface area contributed by atoms with Crippen LogP contribution in [0.3, 0.4) is 0 Å². The van der Waals surface area contributed by atoms with Crippen molar-refractivity contribution in [2.45, 2.75) is 25.8 Å². The van der Waals surface area contributed by atoms with Gasteiger partial charge in [-0.2, -0.15) is 0 Å². The molecule has 0 radical (unpaired) electrons. The van der Waals surface area contributed by atoms with E-state index in [1.165, 1.54) is 0 Å². The number of carbonyl (C=O) groups is 2. The van der Waals surface area contributed by atoms with Crippen molar-refractivity contribution in [3.05, 3.63) is 72.2 Å². The second-order valence-corrected chi connectivity index (χ2v) is 7.09. The van der Waals surface area contributed by atoms with Gasteiger partial charge in [0.15, 0.2) is 0 Å². The van der Waals surface area contributed by atoms with Crippen LogP contribution in [-0.2, 0) is 4.79 Å². The molecular formula is C22H22N4O2. The molecule has 1 aromatic heterocycles. The Kier molecular flexibility index (Phi) is 4.93. The van der Waals surface area contributed by atoms with Gasteiger partial charge in [0.2, 0.25) is 5.91 Å². The third kappa shape index (κ3) is 4.11. The average molecular weight is 374 g/mol. The minimum Gasteiger partial charge on any atom is -0.342 e. The van der Waals surface area contributed by atoms with E-state index in [2.05, 4.69) is 20.6 Å². The second-order valence-electron chi connectivity index (χ2n) is 7.09. The van der Waals surface area contributed by atoms with Gasteiger partial charge in [0, 0.05) is 17.2 Å². The van der Waals surface area contributed by atoms with E-state index in [1.54, 1.807) is 30.5 Å². The minimum atomic E-state index is -0.283. The fourth-order valence-electron chi connectivity index (χ4n) is 3.00. The number of nitrogens with zero attached hydrogens (tertiary/aromatic N) is 1. The van der Waals surface area contributed by atoms with Crippen molar-refractivity contribution in [2.75, 3.05) is 5.32 Å². The summed E-state index contributed by atoms with van der Waals surface area (Å²) >= 11 is 0. The molecule has 2 amide bonds. The molecule has 0 saturated heterocycles. The molecule has 1 fully saturated rings. The van der Waals surface area contributed by atoms with Gasteiger partial charge in [-0.05, 0) is 43.5 Å². The number of amides is 2. The lowest BCUT2D eigenvalue weighted by atomic mass is 10.1. The number of benzene rings is 2. The number of imidazole rings is 1. The van der Waals surface area contributed by atoms with Crippen molar-refractivity contribution >= 4 is 17.5 Å². The normalized spacial score (nSPS) is 14.3. The summed E-state index contributed by atoms with van der Waals surface area (Å²) in [6.07, 6.45) is 3.65. The molecule has 6 nitrogen and oxygen atoms in total. The van der Waals surface area contributed by atoms with Gasteiger partial charge < -0.3 is 15.6 Å². The van der Waals surface area contributed by atoms with E-state index in [-0.39, 0.29) is 23.8 Å². The van der Waals surface area contributed by atoms with Gasteiger partial charge in [-0.3, -0.25) is 9.59 Å². The summed E-state index contributed by atoms with van der Waals surface area (Å²) in [4.78, 5) is 32.2. The zero-order valence-corrected chi connectivity index (χ0v) is 15.6. The molecule has 28 heavy (non-hydrogen) atoms. The Morgan fingerprint density at radius 2 is 1.89 bits per heavy atom.